The van der Waals surface area contributed by atoms with Gasteiger partial charge in [0.1, 0.15) is 6.04 Å². The molecule has 0 saturated heterocycles. The average molecular weight is 176 g/mol. The highest BCUT2D eigenvalue weighted by atomic mass is 16.4. The number of carbonyl (C=O) groups is 1. The fourth-order valence-corrected chi connectivity index (χ4v) is 0.520. The van der Waals surface area contributed by atoms with Gasteiger partial charge in [0, 0.05) is 7.92 Å². The van der Waals surface area contributed by atoms with Crippen LogP contribution < -0.4 is 17.2 Å². The molecule has 2 atom stereocenters. The maximum absolute atomic E-state index is 10.7. The molecule has 0 aliphatic carbocycles. The van der Waals surface area contributed by atoms with Gasteiger partial charge in [0.15, 0.2) is 5.96 Å². The highest BCUT2D eigenvalue weighted by molar-refractivity contribution is 5.75. The van der Waals surface area contributed by atoms with Crippen LogP contribution in [0.1, 0.15) is 14.2 Å². The molecule has 6 nitrogen and oxygen atoms in total. The lowest BCUT2D eigenvalue weighted by atomic mass is 10.2. The quantitative estimate of drug-likeness (QED) is 0.298. The summed E-state index contributed by atoms with van der Waals surface area (Å²) in [5.41, 5.74) is 15.4. The van der Waals surface area contributed by atoms with Gasteiger partial charge in [0.05, 0.1) is 0 Å². The van der Waals surface area contributed by atoms with Crippen LogP contribution in [0.25, 0.3) is 1.43 Å². The number of carboxylic acids is 1. The summed E-state index contributed by atoms with van der Waals surface area (Å²) < 4.78 is 13.7. The Balaban J connectivity index is 3.88. The molecule has 0 amide bonds. The second-order valence-corrected chi connectivity index (χ2v) is 2.22. The summed E-state index contributed by atoms with van der Waals surface area (Å²) in [7, 11) is 0. The third-order valence-corrected chi connectivity index (χ3v) is 1.13. The van der Waals surface area contributed by atoms with Gasteiger partial charge in [-0.15, -0.1) is 0 Å². The van der Waals surface area contributed by atoms with Crippen molar-refractivity contribution < 1.29 is 11.3 Å². The zero-order valence-corrected chi connectivity index (χ0v) is 6.56. The van der Waals surface area contributed by atoms with Crippen molar-refractivity contribution in [2.75, 3.05) is 6.54 Å². The average Bonchev–Trinajstić information content (AvgIpc) is 2.13. The molecular formula is C6H14N4O2. The van der Waals surface area contributed by atoms with Gasteiger partial charge in [-0.25, -0.2) is 0 Å². The second kappa shape index (κ2) is 5.36. The fourth-order valence-electron chi connectivity index (χ4n) is 0.520. The number of aliphatic carboxylic acids is 1. The van der Waals surface area contributed by atoms with Crippen LogP contribution in [-0.4, -0.2) is 29.6 Å². The van der Waals surface area contributed by atoms with Gasteiger partial charge in [0.25, 0.3) is 1.43 Å². The highest BCUT2D eigenvalue weighted by Crippen LogP contribution is 1.94. The first-order valence-corrected chi connectivity index (χ1v) is 3.37. The van der Waals surface area contributed by atoms with Gasteiger partial charge in [-0.2, -0.15) is 0 Å². The molecule has 0 heterocycles. The Labute approximate surface area is 73.3 Å². The SMILES string of the molecule is [2H]OC(=O)[C@@H](N)CC([2H])CN=C(N)N. The summed E-state index contributed by atoms with van der Waals surface area (Å²) in [4.78, 5) is 14.3. The summed E-state index contributed by atoms with van der Waals surface area (Å²) in [5, 5.41) is 3.66. The molecule has 7 N–H and O–H groups in total. The molecule has 1 unspecified atom stereocenters. The first-order chi connectivity index (χ1) is 6.47. The lowest BCUT2D eigenvalue weighted by molar-refractivity contribution is -0.138. The summed E-state index contributed by atoms with van der Waals surface area (Å²) in [6.45, 7) is 0.0707. The monoisotopic (exact) mass is 176 g/mol. The lowest BCUT2D eigenvalue weighted by Gasteiger charge is -2.03. The molecule has 0 bridgehead atoms. The maximum atomic E-state index is 10.7. The minimum atomic E-state index is -0.982. The van der Waals surface area contributed by atoms with Gasteiger partial charge in [-0.05, 0) is 12.8 Å². The summed E-state index contributed by atoms with van der Waals surface area (Å²) in [5.74, 6) is -0.981. The third kappa shape index (κ3) is 5.48. The van der Waals surface area contributed by atoms with E-state index < -0.39 is 18.4 Å². The molecule has 0 aromatic rings. The van der Waals surface area contributed by atoms with Gasteiger partial charge in [0.2, 0.25) is 0 Å². The zero-order chi connectivity index (χ0) is 11.1. The molecule has 0 aliphatic heterocycles. The van der Waals surface area contributed by atoms with E-state index in [1.165, 1.54) is 0 Å². The molecule has 0 aromatic carbocycles. The van der Waals surface area contributed by atoms with E-state index in [9.17, 15) is 4.79 Å². The van der Waals surface area contributed by atoms with E-state index in [0.29, 0.717) is 0 Å². The van der Waals surface area contributed by atoms with Crippen LogP contribution in [0.3, 0.4) is 0 Å². The number of carboxylic acid groups (broad SMARTS) is 1. The normalized spacial score (nSPS) is 16.8. The molecule has 70 valence electrons. The number of aliphatic imine (C=N–C) groups is 1. The Morgan fingerprint density at radius 2 is 2.42 bits per heavy atom. The van der Waals surface area contributed by atoms with Crippen LogP contribution in [0.2, 0.25) is 0 Å². The van der Waals surface area contributed by atoms with Crippen molar-refractivity contribution in [1.29, 1.82) is 1.43 Å². The van der Waals surface area contributed by atoms with Crippen LogP contribution in [0.4, 0.5) is 0 Å². The van der Waals surface area contributed by atoms with Crippen molar-refractivity contribution in [3.63, 3.8) is 0 Å². The number of hydrogen-bond donors (Lipinski definition) is 4. The van der Waals surface area contributed by atoms with Crippen molar-refractivity contribution in [1.82, 2.24) is 0 Å². The topological polar surface area (TPSA) is 128 Å². The predicted octanol–water partition coefficient (Wildman–Crippen LogP) is -1.55. The minimum absolute atomic E-state index is 0.0501. The maximum Gasteiger partial charge on any atom is 0.320 e. The largest absolute Gasteiger partial charge is 0.480 e. The molecule has 0 radical (unpaired) electrons. The van der Waals surface area contributed by atoms with E-state index in [-0.39, 0.29) is 18.9 Å². The lowest BCUT2D eigenvalue weighted by Crippen LogP contribution is -2.30. The minimum Gasteiger partial charge on any atom is -0.480 e. The third-order valence-electron chi connectivity index (χ3n) is 1.13. The Morgan fingerprint density at radius 3 is 2.92 bits per heavy atom. The Morgan fingerprint density at radius 1 is 1.75 bits per heavy atom. The van der Waals surface area contributed by atoms with Gasteiger partial charge < -0.3 is 22.3 Å². The molecule has 6 heteroatoms. The van der Waals surface area contributed by atoms with Crippen LogP contribution in [0.15, 0.2) is 4.99 Å². The van der Waals surface area contributed by atoms with Crippen LogP contribution in [0.5, 0.6) is 0 Å². The van der Waals surface area contributed by atoms with E-state index in [0.717, 1.165) is 0 Å². The molecule has 0 spiro atoms. The Hall–Kier alpha value is -1.30. The van der Waals surface area contributed by atoms with E-state index in [2.05, 4.69) is 10.1 Å². The number of nitrogens with two attached hydrogens (primary N) is 3. The van der Waals surface area contributed by atoms with Crippen LogP contribution >= 0.6 is 0 Å². The van der Waals surface area contributed by atoms with Gasteiger partial charge in [-0.3, -0.25) is 9.79 Å². The van der Waals surface area contributed by atoms with Crippen molar-refractivity contribution >= 4 is 11.9 Å². The first kappa shape index (κ1) is 7.35. The smallest absolute Gasteiger partial charge is 0.320 e. The van der Waals surface area contributed by atoms with Crippen molar-refractivity contribution in [2.45, 2.75) is 18.9 Å². The van der Waals surface area contributed by atoms with Gasteiger partial charge >= 0.3 is 5.97 Å². The summed E-state index contributed by atoms with van der Waals surface area (Å²) >= 11 is 0. The Bertz CT molecular complexity index is 220. The number of hydrogen-bond acceptors (Lipinski definition) is 4. The number of rotatable bonds is 5. The van der Waals surface area contributed by atoms with E-state index in [1.54, 1.807) is 0 Å². The van der Waals surface area contributed by atoms with Crippen molar-refractivity contribution in [2.24, 2.45) is 22.2 Å². The van der Waals surface area contributed by atoms with Crippen LogP contribution in [0, 0.1) is 0 Å². The number of guanidine groups is 1. The molecular weight excluding hydrogens is 160 g/mol. The summed E-state index contributed by atoms with van der Waals surface area (Å²) in [6, 6.07) is -0.982. The highest BCUT2D eigenvalue weighted by Gasteiger charge is 2.09. The molecule has 0 aliphatic rings. The standard InChI is InChI=1S/C6H14N4O2/c7-4(5(11)12)2-1-3-10-6(8)9/h4H,1-3,7H2,(H,11,12)(H4,8,9,10)/t4-/m0/s1/i1D/hD/t1?,4-. The predicted molar refractivity (Wildman–Crippen MR) is 45.5 cm³/mol. The molecule has 0 fully saturated rings. The van der Waals surface area contributed by atoms with Crippen LogP contribution in [-0.2, 0) is 4.79 Å². The molecule has 12 heavy (non-hydrogen) atoms. The first-order valence-electron chi connectivity index (χ1n) is 4.36. The Kier molecular flexibility index (Phi) is 3.29. The van der Waals surface area contributed by atoms with Crippen molar-refractivity contribution in [3.8, 4) is 0 Å². The fraction of sp³-hybridized carbons (Fsp3) is 0.667. The number of nitrogens with zero attached hydrogens (tertiary/aromatic N) is 1. The second-order valence-electron chi connectivity index (χ2n) is 2.22. The van der Waals surface area contributed by atoms with E-state index in [4.69, 9.17) is 20.0 Å². The molecule has 0 aromatic heterocycles. The van der Waals surface area contributed by atoms with Crippen molar-refractivity contribution in [3.05, 3.63) is 0 Å². The summed E-state index contributed by atoms with van der Waals surface area (Å²) in [6.07, 6.45) is -0.639. The molecule has 0 rings (SSSR count). The molecule has 0 saturated carbocycles. The van der Waals surface area contributed by atoms with E-state index >= 15 is 0 Å². The van der Waals surface area contributed by atoms with E-state index in [1.807, 2.05) is 0 Å². The zero-order valence-electron chi connectivity index (χ0n) is 8.56. The van der Waals surface area contributed by atoms with Gasteiger partial charge in [-0.1, -0.05) is 0 Å².